The van der Waals surface area contributed by atoms with E-state index in [1.165, 1.54) is 11.8 Å². The van der Waals surface area contributed by atoms with Crippen LogP contribution in [-0.2, 0) is 16.4 Å². The molecule has 1 aromatic heterocycles. The van der Waals surface area contributed by atoms with Gasteiger partial charge in [-0.1, -0.05) is 6.07 Å². The first kappa shape index (κ1) is 12.1. The summed E-state index contributed by atoms with van der Waals surface area (Å²) >= 11 is 0. The zero-order valence-corrected chi connectivity index (χ0v) is 9.63. The van der Waals surface area contributed by atoms with E-state index in [-0.39, 0.29) is 0 Å². The van der Waals surface area contributed by atoms with Gasteiger partial charge in [0.15, 0.2) is 0 Å². The molecule has 0 aliphatic carbocycles. The number of aromatic nitrogens is 1. The Labute approximate surface area is 90.8 Å². The van der Waals surface area contributed by atoms with Gasteiger partial charge in [-0.3, -0.25) is 4.98 Å². The average Bonchev–Trinajstić information content (AvgIpc) is 2.17. The normalized spacial score (nSPS) is 11.5. The molecular formula is C10H16N2O2S. The number of sulfonamides is 1. The van der Waals surface area contributed by atoms with Crippen molar-refractivity contribution in [3.05, 3.63) is 30.1 Å². The number of aryl methyl sites for hydroxylation is 1. The van der Waals surface area contributed by atoms with Gasteiger partial charge in [0, 0.05) is 18.9 Å². The predicted molar refractivity (Wildman–Crippen MR) is 60.0 cm³/mol. The molecule has 1 aromatic rings. The van der Waals surface area contributed by atoms with Gasteiger partial charge in [0.2, 0.25) is 10.0 Å². The van der Waals surface area contributed by atoms with Gasteiger partial charge in [-0.25, -0.2) is 13.1 Å². The molecule has 15 heavy (non-hydrogen) atoms. The molecule has 0 saturated carbocycles. The van der Waals surface area contributed by atoms with E-state index in [0.717, 1.165) is 19.3 Å². The lowest BCUT2D eigenvalue weighted by Gasteiger charge is -2.02. The summed E-state index contributed by atoms with van der Waals surface area (Å²) in [6.45, 7) is 0.513. The number of hydrogen-bond acceptors (Lipinski definition) is 3. The van der Waals surface area contributed by atoms with Gasteiger partial charge in [-0.05, 0) is 30.9 Å². The Hall–Kier alpha value is -0.940. The Bertz CT molecular complexity index is 376. The molecule has 0 atom stereocenters. The molecule has 5 heteroatoms. The summed E-state index contributed by atoms with van der Waals surface area (Å²) in [5, 5.41) is 0. The molecule has 0 spiro atoms. The predicted octanol–water partition coefficient (Wildman–Crippen LogP) is 0.953. The van der Waals surface area contributed by atoms with Crippen molar-refractivity contribution in [3.8, 4) is 0 Å². The fraction of sp³-hybridized carbons (Fsp3) is 0.500. The standard InChI is InChI=1S/C10H16N2O2S/c1-15(13,14)12-8-3-2-5-10-6-4-7-11-9-10/h4,6-7,9,12H,2-3,5,8H2,1H3. The maximum absolute atomic E-state index is 10.7. The fourth-order valence-corrected chi connectivity index (χ4v) is 1.77. The maximum atomic E-state index is 10.7. The van der Waals surface area contributed by atoms with Crippen LogP contribution in [-0.4, -0.2) is 26.2 Å². The molecular weight excluding hydrogens is 212 g/mol. The average molecular weight is 228 g/mol. The molecule has 0 aliphatic rings. The van der Waals surface area contributed by atoms with Crippen LogP contribution in [0.2, 0.25) is 0 Å². The third-order valence-corrected chi connectivity index (χ3v) is 2.71. The van der Waals surface area contributed by atoms with E-state index in [0.29, 0.717) is 6.54 Å². The number of nitrogens with zero attached hydrogens (tertiary/aromatic N) is 1. The van der Waals surface area contributed by atoms with Gasteiger partial charge in [-0.2, -0.15) is 0 Å². The number of hydrogen-bond donors (Lipinski definition) is 1. The Morgan fingerprint density at radius 1 is 1.40 bits per heavy atom. The van der Waals surface area contributed by atoms with E-state index in [9.17, 15) is 8.42 Å². The lowest BCUT2D eigenvalue weighted by Crippen LogP contribution is -2.22. The summed E-state index contributed by atoms with van der Waals surface area (Å²) in [7, 11) is -3.03. The molecule has 0 bridgehead atoms. The molecule has 84 valence electrons. The first-order valence-corrected chi connectivity index (χ1v) is 6.80. The van der Waals surface area contributed by atoms with Crippen LogP contribution in [0.5, 0.6) is 0 Å². The topological polar surface area (TPSA) is 59.1 Å². The van der Waals surface area contributed by atoms with Crippen LogP contribution < -0.4 is 4.72 Å². The number of rotatable bonds is 6. The monoisotopic (exact) mass is 228 g/mol. The minimum absolute atomic E-state index is 0.513. The summed E-state index contributed by atoms with van der Waals surface area (Å²) in [4.78, 5) is 4.01. The molecule has 0 unspecified atom stereocenters. The van der Waals surface area contributed by atoms with Crippen molar-refractivity contribution >= 4 is 10.0 Å². The smallest absolute Gasteiger partial charge is 0.208 e. The van der Waals surface area contributed by atoms with E-state index in [4.69, 9.17) is 0 Å². The molecule has 0 amide bonds. The summed E-state index contributed by atoms with van der Waals surface area (Å²) in [5.74, 6) is 0. The van der Waals surface area contributed by atoms with Crippen LogP contribution in [0.4, 0.5) is 0 Å². The van der Waals surface area contributed by atoms with Crippen molar-refractivity contribution in [3.63, 3.8) is 0 Å². The van der Waals surface area contributed by atoms with E-state index >= 15 is 0 Å². The zero-order valence-electron chi connectivity index (χ0n) is 8.81. The highest BCUT2D eigenvalue weighted by molar-refractivity contribution is 7.88. The number of nitrogens with one attached hydrogen (secondary N) is 1. The quantitative estimate of drug-likeness (QED) is 0.738. The van der Waals surface area contributed by atoms with Crippen molar-refractivity contribution < 1.29 is 8.42 Å². The van der Waals surface area contributed by atoms with Crippen LogP contribution in [0.15, 0.2) is 24.5 Å². The van der Waals surface area contributed by atoms with Gasteiger partial charge < -0.3 is 0 Å². The highest BCUT2D eigenvalue weighted by Crippen LogP contribution is 2.02. The van der Waals surface area contributed by atoms with Gasteiger partial charge in [0.25, 0.3) is 0 Å². The Kier molecular flexibility index (Phi) is 4.71. The lowest BCUT2D eigenvalue weighted by molar-refractivity contribution is 0.582. The zero-order chi connectivity index (χ0) is 11.1. The van der Waals surface area contributed by atoms with Crippen molar-refractivity contribution in [2.45, 2.75) is 19.3 Å². The first-order valence-electron chi connectivity index (χ1n) is 4.91. The molecule has 0 aromatic carbocycles. The maximum Gasteiger partial charge on any atom is 0.208 e. The molecule has 0 fully saturated rings. The van der Waals surface area contributed by atoms with Crippen molar-refractivity contribution in [2.24, 2.45) is 0 Å². The summed E-state index contributed by atoms with van der Waals surface area (Å²) in [6, 6.07) is 3.93. The van der Waals surface area contributed by atoms with E-state index in [1.807, 2.05) is 18.3 Å². The van der Waals surface area contributed by atoms with Crippen molar-refractivity contribution in [1.29, 1.82) is 0 Å². The van der Waals surface area contributed by atoms with Crippen LogP contribution in [0.1, 0.15) is 18.4 Å². The molecule has 1 N–H and O–H groups in total. The molecule has 0 saturated heterocycles. The second kappa shape index (κ2) is 5.82. The first-order chi connectivity index (χ1) is 7.08. The Morgan fingerprint density at radius 3 is 2.80 bits per heavy atom. The largest absolute Gasteiger partial charge is 0.264 e. The van der Waals surface area contributed by atoms with Gasteiger partial charge in [-0.15, -0.1) is 0 Å². The SMILES string of the molecule is CS(=O)(=O)NCCCCc1cccnc1. The van der Waals surface area contributed by atoms with Crippen LogP contribution in [0.3, 0.4) is 0 Å². The lowest BCUT2D eigenvalue weighted by atomic mass is 10.1. The number of unbranched alkanes of at least 4 members (excludes halogenated alkanes) is 1. The second-order valence-electron chi connectivity index (χ2n) is 3.48. The van der Waals surface area contributed by atoms with E-state index in [2.05, 4.69) is 9.71 Å². The third kappa shape index (κ3) is 6.19. The van der Waals surface area contributed by atoms with E-state index < -0.39 is 10.0 Å². The fourth-order valence-electron chi connectivity index (χ4n) is 1.26. The summed E-state index contributed by atoms with van der Waals surface area (Å²) in [5.41, 5.74) is 1.19. The van der Waals surface area contributed by atoms with Gasteiger partial charge in [0.1, 0.15) is 0 Å². The van der Waals surface area contributed by atoms with Crippen LogP contribution >= 0.6 is 0 Å². The molecule has 1 rings (SSSR count). The Balaban J connectivity index is 2.13. The molecule has 0 radical (unpaired) electrons. The van der Waals surface area contributed by atoms with E-state index in [1.54, 1.807) is 6.20 Å². The van der Waals surface area contributed by atoms with Crippen LogP contribution in [0, 0.1) is 0 Å². The van der Waals surface area contributed by atoms with Crippen molar-refractivity contribution in [2.75, 3.05) is 12.8 Å². The van der Waals surface area contributed by atoms with Gasteiger partial charge >= 0.3 is 0 Å². The Morgan fingerprint density at radius 2 is 2.20 bits per heavy atom. The van der Waals surface area contributed by atoms with Gasteiger partial charge in [0.05, 0.1) is 6.26 Å². The molecule has 4 nitrogen and oxygen atoms in total. The summed E-state index contributed by atoms with van der Waals surface area (Å²) in [6.07, 6.45) is 7.52. The van der Waals surface area contributed by atoms with Crippen molar-refractivity contribution in [1.82, 2.24) is 9.71 Å². The second-order valence-corrected chi connectivity index (χ2v) is 5.32. The van der Waals surface area contributed by atoms with Crippen LogP contribution in [0.25, 0.3) is 0 Å². The third-order valence-electron chi connectivity index (χ3n) is 1.98. The number of pyridine rings is 1. The molecule has 0 aliphatic heterocycles. The minimum Gasteiger partial charge on any atom is -0.264 e. The minimum atomic E-state index is -3.03. The summed E-state index contributed by atoms with van der Waals surface area (Å²) < 4.78 is 24.0. The highest BCUT2D eigenvalue weighted by Gasteiger charge is 1.98. The highest BCUT2D eigenvalue weighted by atomic mass is 32.2. The molecule has 1 heterocycles.